The van der Waals surface area contributed by atoms with Crippen molar-refractivity contribution in [1.29, 1.82) is 0 Å². The number of aromatic amines is 1. The number of carbonyl (C=O) groups excluding carboxylic acids is 1. The molecule has 0 bridgehead atoms. The van der Waals surface area contributed by atoms with Crippen LogP contribution in [-0.4, -0.2) is 35.3 Å². The first-order valence-electron chi connectivity index (χ1n) is 5.50. The highest BCUT2D eigenvalue weighted by Crippen LogP contribution is 2.10. The highest BCUT2D eigenvalue weighted by Gasteiger charge is 2.13. The third-order valence-corrected chi connectivity index (χ3v) is 2.71. The lowest BCUT2D eigenvalue weighted by Gasteiger charge is -2.16. The van der Waals surface area contributed by atoms with Crippen LogP contribution >= 0.6 is 0 Å². The SMILES string of the molecule is CCN(CC)CC(=O)c1cc(C)[nH]c1C. The van der Waals surface area contributed by atoms with E-state index in [1.165, 1.54) is 0 Å². The maximum Gasteiger partial charge on any atom is 0.178 e. The number of H-pyrrole nitrogens is 1. The molecule has 0 aliphatic rings. The lowest BCUT2D eigenvalue weighted by Crippen LogP contribution is -2.29. The molecule has 1 heterocycles. The van der Waals surface area contributed by atoms with Crippen molar-refractivity contribution in [3.8, 4) is 0 Å². The summed E-state index contributed by atoms with van der Waals surface area (Å²) in [4.78, 5) is 17.2. The Morgan fingerprint density at radius 3 is 2.33 bits per heavy atom. The number of Topliss-reactive ketones (excluding diaryl/α,β-unsaturated/α-hetero) is 1. The van der Waals surface area contributed by atoms with Gasteiger partial charge < -0.3 is 4.98 Å². The number of ketones is 1. The Balaban J connectivity index is 2.72. The zero-order chi connectivity index (χ0) is 11.4. The van der Waals surface area contributed by atoms with Gasteiger partial charge in [0, 0.05) is 17.0 Å². The van der Waals surface area contributed by atoms with E-state index < -0.39 is 0 Å². The van der Waals surface area contributed by atoms with E-state index in [2.05, 4.69) is 23.7 Å². The van der Waals surface area contributed by atoms with Gasteiger partial charge in [0.15, 0.2) is 5.78 Å². The van der Waals surface area contributed by atoms with Gasteiger partial charge in [0.05, 0.1) is 6.54 Å². The van der Waals surface area contributed by atoms with Crippen LogP contribution < -0.4 is 0 Å². The van der Waals surface area contributed by atoms with E-state index in [1.807, 2.05) is 19.9 Å². The number of likely N-dealkylation sites (N-methyl/N-ethyl adjacent to an activating group) is 1. The summed E-state index contributed by atoms with van der Waals surface area (Å²) in [7, 11) is 0. The largest absolute Gasteiger partial charge is 0.362 e. The number of nitrogens with one attached hydrogen (secondary N) is 1. The van der Waals surface area contributed by atoms with Crippen molar-refractivity contribution in [3.05, 3.63) is 23.0 Å². The predicted molar refractivity (Wildman–Crippen MR) is 62.4 cm³/mol. The van der Waals surface area contributed by atoms with Crippen LogP contribution in [0.25, 0.3) is 0 Å². The Labute approximate surface area is 91.5 Å². The monoisotopic (exact) mass is 208 g/mol. The Kier molecular flexibility index (Phi) is 4.09. The Hall–Kier alpha value is -1.09. The topological polar surface area (TPSA) is 36.1 Å². The highest BCUT2D eigenvalue weighted by molar-refractivity contribution is 5.98. The highest BCUT2D eigenvalue weighted by atomic mass is 16.1. The van der Waals surface area contributed by atoms with Crippen molar-refractivity contribution in [1.82, 2.24) is 9.88 Å². The molecule has 3 nitrogen and oxygen atoms in total. The molecule has 0 fully saturated rings. The first kappa shape index (κ1) is 12.0. The Morgan fingerprint density at radius 2 is 1.93 bits per heavy atom. The average molecular weight is 208 g/mol. The number of aryl methyl sites for hydroxylation is 2. The van der Waals surface area contributed by atoms with E-state index in [4.69, 9.17) is 0 Å². The second-order valence-corrected chi connectivity index (χ2v) is 3.88. The second kappa shape index (κ2) is 5.12. The molecule has 0 atom stereocenters. The minimum Gasteiger partial charge on any atom is -0.362 e. The minimum atomic E-state index is 0.209. The maximum absolute atomic E-state index is 11.9. The summed E-state index contributed by atoms with van der Waals surface area (Å²) < 4.78 is 0. The molecular weight excluding hydrogens is 188 g/mol. The smallest absolute Gasteiger partial charge is 0.178 e. The molecule has 0 spiro atoms. The van der Waals surface area contributed by atoms with E-state index in [0.29, 0.717) is 6.54 Å². The molecule has 84 valence electrons. The van der Waals surface area contributed by atoms with Crippen LogP contribution in [-0.2, 0) is 0 Å². The minimum absolute atomic E-state index is 0.209. The number of hydrogen-bond acceptors (Lipinski definition) is 2. The summed E-state index contributed by atoms with van der Waals surface area (Å²) >= 11 is 0. The van der Waals surface area contributed by atoms with Gasteiger partial charge in [0.2, 0.25) is 0 Å². The van der Waals surface area contributed by atoms with Gasteiger partial charge >= 0.3 is 0 Å². The quantitative estimate of drug-likeness (QED) is 0.753. The molecule has 15 heavy (non-hydrogen) atoms. The Bertz CT molecular complexity index is 337. The lowest BCUT2D eigenvalue weighted by molar-refractivity contribution is 0.0937. The van der Waals surface area contributed by atoms with Crippen LogP contribution in [0.5, 0.6) is 0 Å². The summed E-state index contributed by atoms with van der Waals surface area (Å²) in [5, 5.41) is 0. The summed E-state index contributed by atoms with van der Waals surface area (Å²) in [6.07, 6.45) is 0. The molecule has 0 aliphatic heterocycles. The second-order valence-electron chi connectivity index (χ2n) is 3.88. The predicted octanol–water partition coefficient (Wildman–Crippen LogP) is 2.16. The van der Waals surface area contributed by atoms with Gasteiger partial charge in [-0.2, -0.15) is 0 Å². The summed E-state index contributed by atoms with van der Waals surface area (Å²) in [6.45, 7) is 10.4. The molecule has 0 saturated carbocycles. The summed E-state index contributed by atoms with van der Waals surface area (Å²) in [5.41, 5.74) is 2.86. The van der Waals surface area contributed by atoms with Gasteiger partial charge in [-0.15, -0.1) is 0 Å². The molecule has 0 saturated heterocycles. The third kappa shape index (κ3) is 2.93. The molecule has 0 aliphatic carbocycles. The molecular formula is C12H20N2O. The van der Waals surface area contributed by atoms with Crippen LogP contribution in [0.3, 0.4) is 0 Å². The fourth-order valence-electron chi connectivity index (χ4n) is 1.75. The van der Waals surface area contributed by atoms with Crippen LogP contribution in [0, 0.1) is 13.8 Å². The molecule has 1 aromatic rings. The van der Waals surface area contributed by atoms with Gasteiger partial charge in [-0.05, 0) is 33.0 Å². The zero-order valence-corrected chi connectivity index (χ0v) is 10.1. The standard InChI is InChI=1S/C12H20N2O/c1-5-14(6-2)8-12(15)11-7-9(3)13-10(11)4/h7,13H,5-6,8H2,1-4H3. The van der Waals surface area contributed by atoms with Gasteiger partial charge in [0.25, 0.3) is 0 Å². The molecule has 1 N–H and O–H groups in total. The molecule has 0 unspecified atom stereocenters. The number of nitrogens with zero attached hydrogens (tertiary/aromatic N) is 1. The molecule has 0 amide bonds. The van der Waals surface area contributed by atoms with Crippen molar-refractivity contribution in [2.75, 3.05) is 19.6 Å². The number of carbonyl (C=O) groups is 1. The number of hydrogen-bond donors (Lipinski definition) is 1. The first-order chi connectivity index (χ1) is 7.08. The summed E-state index contributed by atoms with van der Waals surface area (Å²) in [5.74, 6) is 0.209. The van der Waals surface area contributed by atoms with E-state index in [0.717, 1.165) is 30.0 Å². The fraction of sp³-hybridized carbons (Fsp3) is 0.583. The molecule has 0 radical (unpaired) electrons. The summed E-state index contributed by atoms with van der Waals surface area (Å²) in [6, 6.07) is 1.93. The van der Waals surface area contributed by atoms with Crippen molar-refractivity contribution in [2.24, 2.45) is 0 Å². The number of rotatable bonds is 5. The van der Waals surface area contributed by atoms with E-state index in [9.17, 15) is 4.79 Å². The van der Waals surface area contributed by atoms with Gasteiger partial charge in [-0.25, -0.2) is 0 Å². The number of aromatic nitrogens is 1. The van der Waals surface area contributed by atoms with Gasteiger partial charge in [-0.3, -0.25) is 9.69 Å². The van der Waals surface area contributed by atoms with Crippen LogP contribution in [0.4, 0.5) is 0 Å². The van der Waals surface area contributed by atoms with E-state index in [1.54, 1.807) is 0 Å². The molecule has 1 rings (SSSR count). The first-order valence-corrected chi connectivity index (χ1v) is 5.50. The normalized spacial score (nSPS) is 11.0. The van der Waals surface area contributed by atoms with Crippen LogP contribution in [0.2, 0.25) is 0 Å². The van der Waals surface area contributed by atoms with Gasteiger partial charge in [-0.1, -0.05) is 13.8 Å². The van der Waals surface area contributed by atoms with Crippen molar-refractivity contribution < 1.29 is 4.79 Å². The maximum atomic E-state index is 11.9. The van der Waals surface area contributed by atoms with Gasteiger partial charge in [0.1, 0.15) is 0 Å². The zero-order valence-electron chi connectivity index (χ0n) is 10.1. The van der Waals surface area contributed by atoms with Crippen molar-refractivity contribution in [2.45, 2.75) is 27.7 Å². The average Bonchev–Trinajstić information content (AvgIpc) is 2.54. The lowest BCUT2D eigenvalue weighted by atomic mass is 10.1. The van der Waals surface area contributed by atoms with Crippen LogP contribution in [0.15, 0.2) is 6.07 Å². The third-order valence-electron chi connectivity index (χ3n) is 2.71. The molecule has 3 heteroatoms. The van der Waals surface area contributed by atoms with Crippen molar-refractivity contribution >= 4 is 5.78 Å². The van der Waals surface area contributed by atoms with E-state index >= 15 is 0 Å². The molecule has 1 aromatic heterocycles. The van der Waals surface area contributed by atoms with Crippen molar-refractivity contribution in [3.63, 3.8) is 0 Å². The van der Waals surface area contributed by atoms with E-state index in [-0.39, 0.29) is 5.78 Å². The molecule has 0 aromatic carbocycles. The van der Waals surface area contributed by atoms with Crippen LogP contribution in [0.1, 0.15) is 35.6 Å². The Morgan fingerprint density at radius 1 is 1.33 bits per heavy atom. The fourth-order valence-corrected chi connectivity index (χ4v) is 1.75.